The Bertz CT molecular complexity index is 395. The molecule has 6 heteroatoms. The number of hydrogen-bond acceptors (Lipinski definition) is 4. The van der Waals surface area contributed by atoms with Gasteiger partial charge in [0.15, 0.2) is 0 Å². The van der Waals surface area contributed by atoms with Crippen LogP contribution in [-0.2, 0) is 4.79 Å². The van der Waals surface area contributed by atoms with E-state index < -0.39 is 11.9 Å². The van der Waals surface area contributed by atoms with Crippen LogP contribution in [0.25, 0.3) is 0 Å². The number of ether oxygens (including phenoxy) is 1. The molecule has 0 atom stereocenters. The first kappa shape index (κ1) is 16.4. The molecular weight excluding hydrogens is 250 g/mol. The van der Waals surface area contributed by atoms with Gasteiger partial charge in [-0.15, -0.1) is 0 Å². The van der Waals surface area contributed by atoms with Gasteiger partial charge in [-0.05, 0) is 25.1 Å². The van der Waals surface area contributed by atoms with Crippen molar-refractivity contribution in [2.45, 2.75) is 12.8 Å². The van der Waals surface area contributed by atoms with Gasteiger partial charge in [0, 0.05) is 6.42 Å². The van der Waals surface area contributed by atoms with Crippen LogP contribution in [0.15, 0.2) is 24.3 Å². The van der Waals surface area contributed by atoms with Crippen LogP contribution in [0.2, 0.25) is 0 Å². The summed E-state index contributed by atoms with van der Waals surface area (Å²) < 4.78 is 4.93. The van der Waals surface area contributed by atoms with Crippen molar-refractivity contribution >= 4 is 49.7 Å². The predicted molar refractivity (Wildman–Crippen MR) is 65.9 cm³/mol. The summed E-state index contributed by atoms with van der Waals surface area (Å²) in [7, 11) is 0. The van der Waals surface area contributed by atoms with Crippen LogP contribution in [0.1, 0.15) is 23.2 Å². The number of benzene rings is 1. The molecule has 0 aliphatic rings. The van der Waals surface area contributed by atoms with Crippen molar-refractivity contribution in [3.05, 3.63) is 29.8 Å². The first-order valence-corrected chi connectivity index (χ1v) is 4.88. The topological polar surface area (TPSA) is 89.6 Å². The number of rotatable bonds is 5. The van der Waals surface area contributed by atoms with Gasteiger partial charge < -0.3 is 15.6 Å². The minimum atomic E-state index is -1.12. The third-order valence-electron chi connectivity index (χ3n) is 1.93. The van der Waals surface area contributed by atoms with E-state index in [1.54, 1.807) is 12.1 Å². The number of carbonyl (C=O) groups excluding carboxylic acids is 1. The van der Waals surface area contributed by atoms with Gasteiger partial charge in [-0.25, -0.2) is 4.79 Å². The van der Waals surface area contributed by atoms with Gasteiger partial charge in [0.05, 0.1) is 0 Å². The molecule has 1 aromatic rings. The van der Waals surface area contributed by atoms with E-state index in [0.29, 0.717) is 13.0 Å². The van der Waals surface area contributed by atoms with E-state index in [4.69, 9.17) is 15.6 Å². The average Bonchev–Trinajstić information content (AvgIpc) is 2.27. The second-order valence-electron chi connectivity index (χ2n) is 3.17. The molecule has 90 valence electrons. The number of nitrogens with two attached hydrogens (primary N) is 1. The van der Waals surface area contributed by atoms with Crippen molar-refractivity contribution in [2.75, 3.05) is 6.54 Å². The maximum atomic E-state index is 11.3. The Balaban J connectivity index is 0.00000256. The van der Waals surface area contributed by atoms with E-state index >= 15 is 0 Å². The van der Waals surface area contributed by atoms with E-state index in [2.05, 4.69) is 0 Å². The van der Waals surface area contributed by atoms with Gasteiger partial charge in [0.25, 0.3) is 0 Å². The Morgan fingerprint density at radius 2 is 1.94 bits per heavy atom. The Kier molecular flexibility index (Phi) is 8.16. The van der Waals surface area contributed by atoms with Crippen LogP contribution in [0.3, 0.4) is 0 Å². The molecule has 3 N–H and O–H groups in total. The molecule has 0 aromatic heterocycles. The van der Waals surface area contributed by atoms with E-state index in [-0.39, 0.29) is 55.5 Å². The van der Waals surface area contributed by atoms with Crippen LogP contribution in [0.4, 0.5) is 0 Å². The standard InChI is InChI=1S/C11H13NO4.Ca.2H/c12-7-3-6-10(13)16-9-5-2-1-4-8(9)11(14)15;;;/h1-2,4-5H,3,6-7,12H2,(H,14,15);;;. The molecule has 1 aromatic carbocycles. The molecule has 1 rings (SSSR count). The van der Waals surface area contributed by atoms with Gasteiger partial charge in [-0.1, -0.05) is 12.1 Å². The van der Waals surface area contributed by atoms with Gasteiger partial charge in [0.2, 0.25) is 0 Å². The molecule has 0 amide bonds. The van der Waals surface area contributed by atoms with Crippen LogP contribution < -0.4 is 10.5 Å². The van der Waals surface area contributed by atoms with Gasteiger partial charge in [0.1, 0.15) is 11.3 Å². The summed E-state index contributed by atoms with van der Waals surface area (Å²) in [6.45, 7) is 0.398. The number of carboxylic acids is 1. The molecule has 0 spiro atoms. The molecule has 0 radical (unpaired) electrons. The molecule has 0 aliphatic heterocycles. The van der Waals surface area contributed by atoms with E-state index in [1.165, 1.54) is 12.1 Å². The summed E-state index contributed by atoms with van der Waals surface area (Å²) in [5.74, 6) is -1.53. The number of esters is 1. The van der Waals surface area contributed by atoms with Crippen molar-refractivity contribution in [1.29, 1.82) is 0 Å². The van der Waals surface area contributed by atoms with Crippen molar-refractivity contribution in [2.24, 2.45) is 5.73 Å². The Hall–Kier alpha value is -0.620. The third kappa shape index (κ3) is 5.50. The zero-order valence-electron chi connectivity index (χ0n) is 8.68. The molecule has 0 heterocycles. The summed E-state index contributed by atoms with van der Waals surface area (Å²) in [6, 6.07) is 6.01. The summed E-state index contributed by atoms with van der Waals surface area (Å²) in [5.41, 5.74) is 5.22. The fourth-order valence-electron chi connectivity index (χ4n) is 1.15. The summed E-state index contributed by atoms with van der Waals surface area (Å²) in [6.07, 6.45) is 0.707. The normalized spacial score (nSPS) is 9.24. The van der Waals surface area contributed by atoms with Crippen LogP contribution >= 0.6 is 0 Å². The first-order chi connectivity index (χ1) is 7.65. The minimum absolute atomic E-state index is 0. The summed E-state index contributed by atoms with van der Waals surface area (Å²) in [4.78, 5) is 22.1. The summed E-state index contributed by atoms with van der Waals surface area (Å²) >= 11 is 0. The van der Waals surface area contributed by atoms with Crippen LogP contribution in [-0.4, -0.2) is 61.3 Å². The fourth-order valence-corrected chi connectivity index (χ4v) is 1.15. The third-order valence-corrected chi connectivity index (χ3v) is 1.93. The Labute approximate surface area is 129 Å². The zero-order valence-corrected chi connectivity index (χ0v) is 8.68. The van der Waals surface area contributed by atoms with E-state index in [1.807, 2.05) is 0 Å². The molecule has 0 unspecified atom stereocenters. The number of carbonyl (C=O) groups is 2. The van der Waals surface area contributed by atoms with Gasteiger partial charge in [-0.2, -0.15) is 0 Å². The monoisotopic (exact) mass is 265 g/mol. The second kappa shape index (κ2) is 8.47. The van der Waals surface area contributed by atoms with Crippen molar-refractivity contribution < 1.29 is 19.4 Å². The number of carboxylic acid groups (broad SMARTS) is 1. The van der Waals surface area contributed by atoms with Gasteiger partial charge >= 0.3 is 49.7 Å². The van der Waals surface area contributed by atoms with Crippen molar-refractivity contribution in [3.8, 4) is 5.75 Å². The number of para-hydroxylation sites is 1. The van der Waals surface area contributed by atoms with Crippen LogP contribution in [0.5, 0.6) is 5.75 Å². The SMILES string of the molecule is NCCCC(=O)Oc1ccccc1C(=O)O.[CaH2]. The van der Waals surface area contributed by atoms with Crippen molar-refractivity contribution in [1.82, 2.24) is 0 Å². The fraction of sp³-hybridized carbons (Fsp3) is 0.273. The molecular formula is C11H15CaNO4. The van der Waals surface area contributed by atoms with E-state index in [0.717, 1.165) is 0 Å². The zero-order chi connectivity index (χ0) is 12.0. The summed E-state index contributed by atoms with van der Waals surface area (Å²) in [5, 5.41) is 8.84. The number of hydrogen-bond donors (Lipinski definition) is 2. The van der Waals surface area contributed by atoms with E-state index in [9.17, 15) is 9.59 Å². The second-order valence-corrected chi connectivity index (χ2v) is 3.17. The van der Waals surface area contributed by atoms with Gasteiger partial charge in [-0.3, -0.25) is 4.79 Å². The molecule has 0 saturated heterocycles. The Morgan fingerprint density at radius 3 is 2.53 bits per heavy atom. The molecule has 5 nitrogen and oxygen atoms in total. The molecule has 0 fully saturated rings. The quantitative estimate of drug-likeness (QED) is 0.448. The molecule has 0 aliphatic carbocycles. The predicted octanol–water partition coefficient (Wildman–Crippen LogP) is 0.113. The number of aromatic carboxylic acids is 1. The molecule has 0 bridgehead atoms. The average molecular weight is 265 g/mol. The Morgan fingerprint density at radius 1 is 1.29 bits per heavy atom. The molecule has 0 saturated carbocycles. The van der Waals surface area contributed by atoms with Crippen molar-refractivity contribution in [3.63, 3.8) is 0 Å². The molecule has 17 heavy (non-hydrogen) atoms. The first-order valence-electron chi connectivity index (χ1n) is 4.88. The maximum absolute atomic E-state index is 11.3. The van der Waals surface area contributed by atoms with Crippen LogP contribution in [0, 0.1) is 0 Å².